The van der Waals surface area contributed by atoms with E-state index in [-0.39, 0.29) is 25.2 Å². The molecule has 0 unspecified atom stereocenters. The van der Waals surface area contributed by atoms with Gasteiger partial charge < -0.3 is 9.84 Å². The van der Waals surface area contributed by atoms with E-state index in [4.69, 9.17) is 4.74 Å². The topological polar surface area (TPSA) is 63.6 Å². The highest BCUT2D eigenvalue weighted by atomic mass is 16.5. The molecule has 0 heterocycles. The lowest BCUT2D eigenvalue weighted by Crippen LogP contribution is -2.31. The number of carbonyl (C=O) groups is 2. The Morgan fingerprint density at radius 2 is 1.43 bits per heavy atom. The Kier molecular flexibility index (Phi) is 5.66. The second-order valence-electron chi connectivity index (χ2n) is 5.29. The average molecular weight is 312 g/mol. The van der Waals surface area contributed by atoms with Crippen LogP contribution in [0.4, 0.5) is 0 Å². The van der Waals surface area contributed by atoms with E-state index < -0.39 is 11.6 Å². The van der Waals surface area contributed by atoms with Crippen molar-refractivity contribution >= 4 is 11.8 Å². The summed E-state index contributed by atoms with van der Waals surface area (Å²) in [7, 11) is 0. The molecule has 1 N–H and O–H groups in total. The molecule has 0 saturated carbocycles. The zero-order valence-corrected chi connectivity index (χ0v) is 13.1. The fourth-order valence-electron chi connectivity index (χ4n) is 2.52. The molecule has 0 amide bonds. The number of hydrogen-bond donors (Lipinski definition) is 1. The zero-order valence-electron chi connectivity index (χ0n) is 13.1. The van der Waals surface area contributed by atoms with Crippen molar-refractivity contribution in [2.75, 3.05) is 6.61 Å². The van der Waals surface area contributed by atoms with E-state index >= 15 is 0 Å². The number of rotatable bonds is 7. The summed E-state index contributed by atoms with van der Waals surface area (Å²) in [6, 6.07) is 18.0. The van der Waals surface area contributed by atoms with E-state index in [0.29, 0.717) is 11.1 Å². The molecule has 2 aromatic carbocycles. The number of benzene rings is 2. The highest BCUT2D eigenvalue weighted by Gasteiger charge is 2.34. The molecule has 23 heavy (non-hydrogen) atoms. The standard InChI is InChI=1S/C19H20O4/c1-2-23-18(21)13-17(20)14-19(22,15-9-5-3-6-10-15)16-11-7-4-8-12-16/h3-12,22H,2,13-14H2,1H3. The normalized spacial score (nSPS) is 11.0. The number of hydrogen-bond acceptors (Lipinski definition) is 4. The van der Waals surface area contributed by atoms with Crippen molar-refractivity contribution in [2.45, 2.75) is 25.4 Å². The van der Waals surface area contributed by atoms with Crippen molar-refractivity contribution in [1.29, 1.82) is 0 Å². The van der Waals surface area contributed by atoms with Gasteiger partial charge in [-0.05, 0) is 18.1 Å². The third kappa shape index (κ3) is 4.27. The molecule has 0 atom stereocenters. The van der Waals surface area contributed by atoms with Gasteiger partial charge in [0.1, 0.15) is 17.8 Å². The monoisotopic (exact) mass is 312 g/mol. The molecule has 0 aliphatic heterocycles. The Morgan fingerprint density at radius 3 is 1.87 bits per heavy atom. The van der Waals surface area contributed by atoms with Gasteiger partial charge >= 0.3 is 5.97 Å². The number of esters is 1. The van der Waals surface area contributed by atoms with Crippen LogP contribution in [0.3, 0.4) is 0 Å². The number of Topliss-reactive ketones (excluding diaryl/α,β-unsaturated/α-hetero) is 1. The van der Waals surface area contributed by atoms with Crippen LogP contribution in [0.25, 0.3) is 0 Å². The SMILES string of the molecule is CCOC(=O)CC(=O)CC(O)(c1ccccc1)c1ccccc1. The van der Waals surface area contributed by atoms with Gasteiger partial charge in [-0.3, -0.25) is 9.59 Å². The summed E-state index contributed by atoms with van der Waals surface area (Å²) in [6.45, 7) is 1.92. The second kappa shape index (κ2) is 7.70. The molecular weight excluding hydrogens is 292 g/mol. The van der Waals surface area contributed by atoms with E-state index in [1.54, 1.807) is 55.5 Å². The first kappa shape index (κ1) is 16.9. The van der Waals surface area contributed by atoms with Gasteiger partial charge in [0, 0.05) is 6.42 Å². The molecule has 4 heteroatoms. The van der Waals surface area contributed by atoms with Crippen LogP contribution in [0.5, 0.6) is 0 Å². The largest absolute Gasteiger partial charge is 0.466 e. The van der Waals surface area contributed by atoms with Crippen LogP contribution in [0.2, 0.25) is 0 Å². The predicted molar refractivity (Wildman–Crippen MR) is 86.8 cm³/mol. The Balaban J connectivity index is 2.29. The van der Waals surface area contributed by atoms with Gasteiger partial charge in [0.2, 0.25) is 0 Å². The highest BCUT2D eigenvalue weighted by molar-refractivity contribution is 5.96. The summed E-state index contributed by atoms with van der Waals surface area (Å²) in [4.78, 5) is 23.7. The third-order valence-electron chi connectivity index (χ3n) is 3.60. The Bertz CT molecular complexity index is 610. The summed E-state index contributed by atoms with van der Waals surface area (Å²) in [5, 5.41) is 11.2. The molecule has 0 aliphatic rings. The molecule has 0 aromatic heterocycles. The molecule has 2 aromatic rings. The van der Waals surface area contributed by atoms with Gasteiger partial charge in [-0.1, -0.05) is 60.7 Å². The molecule has 0 radical (unpaired) electrons. The lowest BCUT2D eigenvalue weighted by molar-refractivity contribution is -0.146. The summed E-state index contributed by atoms with van der Waals surface area (Å²) < 4.78 is 4.80. The molecule has 4 nitrogen and oxygen atoms in total. The fourth-order valence-corrected chi connectivity index (χ4v) is 2.52. The van der Waals surface area contributed by atoms with Crippen LogP contribution in [0.1, 0.15) is 30.9 Å². The molecule has 0 saturated heterocycles. The summed E-state index contributed by atoms with van der Waals surface area (Å²) >= 11 is 0. The Morgan fingerprint density at radius 1 is 0.957 bits per heavy atom. The second-order valence-corrected chi connectivity index (χ2v) is 5.29. The van der Waals surface area contributed by atoms with Crippen LogP contribution in [-0.4, -0.2) is 23.5 Å². The van der Waals surface area contributed by atoms with Crippen molar-refractivity contribution in [3.05, 3.63) is 71.8 Å². The summed E-state index contributed by atoms with van der Waals surface area (Å²) in [5.74, 6) is -0.931. The van der Waals surface area contributed by atoms with Crippen molar-refractivity contribution < 1.29 is 19.4 Å². The van der Waals surface area contributed by atoms with E-state index in [2.05, 4.69) is 0 Å². The van der Waals surface area contributed by atoms with Crippen LogP contribution in [0.15, 0.2) is 60.7 Å². The minimum Gasteiger partial charge on any atom is -0.466 e. The Hall–Kier alpha value is -2.46. The van der Waals surface area contributed by atoms with Gasteiger partial charge in [-0.25, -0.2) is 0 Å². The van der Waals surface area contributed by atoms with E-state index in [9.17, 15) is 14.7 Å². The first-order valence-corrected chi connectivity index (χ1v) is 7.57. The first-order chi connectivity index (χ1) is 11.1. The van der Waals surface area contributed by atoms with Crippen LogP contribution < -0.4 is 0 Å². The van der Waals surface area contributed by atoms with Crippen LogP contribution in [-0.2, 0) is 19.9 Å². The van der Waals surface area contributed by atoms with Crippen LogP contribution in [0, 0.1) is 0 Å². The first-order valence-electron chi connectivity index (χ1n) is 7.57. The summed E-state index contributed by atoms with van der Waals surface area (Å²) in [6.07, 6.45) is -0.518. The molecule has 0 aliphatic carbocycles. The lowest BCUT2D eigenvalue weighted by atomic mass is 9.82. The maximum atomic E-state index is 12.2. The highest BCUT2D eigenvalue weighted by Crippen LogP contribution is 2.33. The minimum absolute atomic E-state index is 0.181. The lowest BCUT2D eigenvalue weighted by Gasteiger charge is -2.28. The number of carbonyl (C=O) groups excluding carboxylic acids is 2. The molecular formula is C19H20O4. The van der Waals surface area contributed by atoms with Gasteiger partial charge in [0.05, 0.1) is 6.61 Å². The van der Waals surface area contributed by atoms with E-state index in [1.807, 2.05) is 12.1 Å². The number of ether oxygens (including phenoxy) is 1. The maximum absolute atomic E-state index is 12.2. The fraction of sp³-hybridized carbons (Fsp3) is 0.263. The molecule has 0 fully saturated rings. The quantitative estimate of drug-likeness (QED) is 0.631. The average Bonchev–Trinajstić information content (AvgIpc) is 2.56. The van der Waals surface area contributed by atoms with Gasteiger partial charge in [0.25, 0.3) is 0 Å². The van der Waals surface area contributed by atoms with Crippen LogP contribution >= 0.6 is 0 Å². The summed E-state index contributed by atoms with van der Waals surface area (Å²) in [5.41, 5.74) is -0.238. The van der Waals surface area contributed by atoms with Crippen molar-refractivity contribution in [3.63, 3.8) is 0 Å². The third-order valence-corrected chi connectivity index (χ3v) is 3.60. The molecule has 120 valence electrons. The molecule has 2 rings (SSSR count). The molecule has 0 spiro atoms. The Labute approximate surface area is 135 Å². The van der Waals surface area contributed by atoms with Gasteiger partial charge in [0.15, 0.2) is 0 Å². The van der Waals surface area contributed by atoms with Crippen molar-refractivity contribution in [3.8, 4) is 0 Å². The predicted octanol–water partition coefficient (Wildman–Crippen LogP) is 2.83. The van der Waals surface area contributed by atoms with Crippen molar-refractivity contribution in [1.82, 2.24) is 0 Å². The van der Waals surface area contributed by atoms with Gasteiger partial charge in [-0.15, -0.1) is 0 Å². The smallest absolute Gasteiger partial charge is 0.313 e. The van der Waals surface area contributed by atoms with Crippen molar-refractivity contribution in [2.24, 2.45) is 0 Å². The minimum atomic E-state index is -1.47. The molecule has 0 bridgehead atoms. The number of ketones is 1. The van der Waals surface area contributed by atoms with E-state index in [0.717, 1.165) is 0 Å². The van der Waals surface area contributed by atoms with E-state index in [1.165, 1.54) is 0 Å². The maximum Gasteiger partial charge on any atom is 0.313 e. The van der Waals surface area contributed by atoms with Gasteiger partial charge in [-0.2, -0.15) is 0 Å². The zero-order chi connectivity index (χ0) is 16.7. The number of aliphatic hydroxyl groups is 1.